The highest BCUT2D eigenvalue weighted by Gasteiger charge is 2.78. The first kappa shape index (κ1) is 21.2. The van der Waals surface area contributed by atoms with E-state index in [0.29, 0.717) is 11.3 Å². The van der Waals surface area contributed by atoms with Gasteiger partial charge in [-0.25, -0.2) is 18.0 Å². The van der Waals surface area contributed by atoms with E-state index in [1.54, 1.807) is 0 Å². The van der Waals surface area contributed by atoms with E-state index in [1.165, 1.54) is 6.92 Å². The fourth-order valence-electron chi connectivity index (χ4n) is 2.39. The van der Waals surface area contributed by atoms with E-state index >= 15 is 0 Å². The lowest BCUT2D eigenvalue weighted by atomic mass is 9.65. The van der Waals surface area contributed by atoms with Crippen LogP contribution in [0.2, 0.25) is 0 Å². The number of nitrogens with zero attached hydrogens (tertiary/aromatic N) is 2. The van der Waals surface area contributed by atoms with E-state index in [0.717, 1.165) is 5.69 Å². The SMILES string of the molecule is CC1(c2nnc(OCC(=O)O)s2)CC(F)(F)C1(F)Cl.CNc1ccccc1. The largest absolute Gasteiger partial charge is 0.479 e. The van der Waals surface area contributed by atoms with Crippen LogP contribution in [-0.4, -0.2) is 46.0 Å². The van der Waals surface area contributed by atoms with Crippen LogP contribution in [0.25, 0.3) is 0 Å². The van der Waals surface area contributed by atoms with Crippen molar-refractivity contribution >= 4 is 34.6 Å². The van der Waals surface area contributed by atoms with Gasteiger partial charge in [-0.2, -0.15) is 0 Å². The summed E-state index contributed by atoms with van der Waals surface area (Å²) >= 11 is 5.96. The van der Waals surface area contributed by atoms with Crippen molar-refractivity contribution in [2.24, 2.45) is 0 Å². The monoisotopic (exact) mass is 423 g/mol. The minimum atomic E-state index is -3.64. The second kappa shape index (κ2) is 7.89. The molecule has 1 aromatic carbocycles. The predicted octanol–water partition coefficient (Wildman–Crippen LogP) is 3.93. The number of benzene rings is 1. The Hall–Kier alpha value is -2.07. The van der Waals surface area contributed by atoms with Gasteiger partial charge in [0.05, 0.1) is 5.41 Å². The van der Waals surface area contributed by atoms with Gasteiger partial charge in [-0.3, -0.25) is 0 Å². The van der Waals surface area contributed by atoms with E-state index in [-0.39, 0.29) is 10.2 Å². The Morgan fingerprint density at radius 2 is 1.96 bits per heavy atom. The summed E-state index contributed by atoms with van der Waals surface area (Å²) in [5.74, 6) is -4.87. The zero-order chi connectivity index (χ0) is 20.3. The number of ether oxygens (including phenoxy) is 1. The van der Waals surface area contributed by atoms with Crippen LogP contribution in [0.1, 0.15) is 18.4 Å². The highest BCUT2D eigenvalue weighted by atomic mass is 35.5. The van der Waals surface area contributed by atoms with Gasteiger partial charge in [-0.1, -0.05) is 41.1 Å². The third-order valence-electron chi connectivity index (χ3n) is 3.99. The van der Waals surface area contributed by atoms with E-state index in [2.05, 4.69) is 15.5 Å². The summed E-state index contributed by atoms with van der Waals surface area (Å²) in [6, 6.07) is 10.1. The third kappa shape index (κ3) is 4.27. The highest BCUT2D eigenvalue weighted by Crippen LogP contribution is 2.65. The fraction of sp³-hybridized carbons (Fsp3) is 0.438. The van der Waals surface area contributed by atoms with Gasteiger partial charge in [0, 0.05) is 19.2 Å². The molecule has 3 rings (SSSR count). The van der Waals surface area contributed by atoms with E-state index in [9.17, 15) is 18.0 Å². The van der Waals surface area contributed by atoms with Crippen molar-refractivity contribution in [2.45, 2.75) is 29.8 Å². The van der Waals surface area contributed by atoms with Gasteiger partial charge in [0.15, 0.2) is 6.61 Å². The molecule has 1 aliphatic rings. The number of carboxylic acids is 1. The topological polar surface area (TPSA) is 84.3 Å². The van der Waals surface area contributed by atoms with Gasteiger partial charge >= 0.3 is 5.97 Å². The number of para-hydroxylation sites is 1. The van der Waals surface area contributed by atoms with Crippen LogP contribution < -0.4 is 10.1 Å². The molecular weight excluding hydrogens is 407 g/mol. The molecule has 148 valence electrons. The van der Waals surface area contributed by atoms with Crippen LogP contribution in [0.4, 0.5) is 18.9 Å². The number of rotatable bonds is 5. The zero-order valence-electron chi connectivity index (χ0n) is 14.4. The molecule has 2 atom stereocenters. The summed E-state index contributed by atoms with van der Waals surface area (Å²) in [6.07, 6.45) is -0.798. The number of hydrogen-bond acceptors (Lipinski definition) is 6. The summed E-state index contributed by atoms with van der Waals surface area (Å²) in [7, 11) is 1.91. The van der Waals surface area contributed by atoms with Crippen LogP contribution in [0, 0.1) is 0 Å². The maximum atomic E-state index is 13.9. The average Bonchev–Trinajstić information content (AvgIpc) is 3.10. The molecule has 2 N–H and O–H groups in total. The van der Waals surface area contributed by atoms with Crippen molar-refractivity contribution in [2.75, 3.05) is 19.0 Å². The smallest absolute Gasteiger partial charge is 0.341 e. The van der Waals surface area contributed by atoms with E-state index < -0.39 is 35.5 Å². The number of halogens is 4. The lowest BCUT2D eigenvalue weighted by molar-refractivity contribution is -0.217. The minimum absolute atomic E-state index is 0.0590. The predicted molar refractivity (Wildman–Crippen MR) is 95.6 cm³/mol. The number of aromatic nitrogens is 2. The minimum Gasteiger partial charge on any atom is -0.479 e. The summed E-state index contributed by atoms with van der Waals surface area (Å²) < 4.78 is 44.8. The molecule has 2 unspecified atom stereocenters. The standard InChI is InChI=1S/C9H8ClF3N2O3S.C7H9N/c1-7(3-8(11,12)9(7,10)13)5-14-15-6(19-5)18-2-4(16)17;1-8-7-5-3-2-4-6-7/h2-3H2,1H3,(H,16,17);2-6,8H,1H3. The highest BCUT2D eigenvalue weighted by molar-refractivity contribution is 7.13. The van der Waals surface area contributed by atoms with Crippen molar-refractivity contribution in [3.05, 3.63) is 35.3 Å². The molecule has 1 saturated carbocycles. The molecule has 0 radical (unpaired) electrons. The van der Waals surface area contributed by atoms with Gasteiger partial charge in [-0.05, 0) is 19.1 Å². The van der Waals surface area contributed by atoms with Gasteiger partial charge in [0.1, 0.15) is 5.01 Å². The Kier molecular flexibility index (Phi) is 6.21. The Bertz CT molecular complexity index is 791. The van der Waals surface area contributed by atoms with Crippen molar-refractivity contribution in [3.63, 3.8) is 0 Å². The molecule has 0 bridgehead atoms. The number of carbonyl (C=O) groups is 1. The molecule has 1 aromatic heterocycles. The lowest BCUT2D eigenvalue weighted by Gasteiger charge is -2.52. The van der Waals surface area contributed by atoms with Crippen molar-refractivity contribution in [1.29, 1.82) is 0 Å². The zero-order valence-corrected chi connectivity index (χ0v) is 16.0. The summed E-state index contributed by atoms with van der Waals surface area (Å²) in [5.41, 5.74) is -0.520. The lowest BCUT2D eigenvalue weighted by Crippen LogP contribution is -2.67. The maximum absolute atomic E-state index is 13.9. The first-order chi connectivity index (χ1) is 12.5. The third-order valence-corrected chi connectivity index (χ3v) is 5.78. The summed E-state index contributed by atoms with van der Waals surface area (Å²) in [5, 5.41) is 15.0. The molecule has 0 amide bonds. The molecule has 1 heterocycles. The maximum Gasteiger partial charge on any atom is 0.341 e. The molecular formula is C16H17ClF3N3O3S. The van der Waals surface area contributed by atoms with E-state index in [1.807, 2.05) is 37.4 Å². The molecule has 0 saturated heterocycles. The first-order valence-electron chi connectivity index (χ1n) is 7.70. The van der Waals surface area contributed by atoms with Crippen molar-refractivity contribution < 1.29 is 27.8 Å². The number of nitrogens with one attached hydrogen (secondary N) is 1. The number of aliphatic carboxylic acids is 1. The van der Waals surface area contributed by atoms with Crippen LogP contribution in [-0.2, 0) is 10.2 Å². The van der Waals surface area contributed by atoms with Crippen LogP contribution in [0.5, 0.6) is 5.19 Å². The fourth-order valence-corrected chi connectivity index (χ4v) is 3.56. The molecule has 0 aliphatic heterocycles. The second-order valence-electron chi connectivity index (χ2n) is 5.96. The van der Waals surface area contributed by atoms with Gasteiger partial charge in [0.25, 0.3) is 16.2 Å². The number of hydrogen-bond donors (Lipinski definition) is 2. The number of anilines is 1. The first-order valence-corrected chi connectivity index (χ1v) is 8.90. The van der Waals surface area contributed by atoms with Gasteiger partial charge in [-0.15, -0.1) is 10.2 Å². The molecule has 6 nitrogen and oxygen atoms in total. The summed E-state index contributed by atoms with van der Waals surface area (Å²) in [4.78, 5) is 10.3. The number of carboxylic acid groups (broad SMARTS) is 1. The van der Waals surface area contributed by atoms with Crippen molar-refractivity contribution in [3.8, 4) is 5.19 Å². The molecule has 1 fully saturated rings. The van der Waals surface area contributed by atoms with Gasteiger partial charge in [0.2, 0.25) is 0 Å². The molecule has 1 aliphatic carbocycles. The van der Waals surface area contributed by atoms with Crippen molar-refractivity contribution in [1.82, 2.24) is 10.2 Å². The quantitative estimate of drug-likeness (QED) is 0.709. The molecule has 2 aromatic rings. The normalized spacial score (nSPS) is 25.6. The van der Waals surface area contributed by atoms with Gasteiger partial charge < -0.3 is 15.2 Å². The van der Waals surface area contributed by atoms with Crippen LogP contribution in [0.3, 0.4) is 0 Å². The van der Waals surface area contributed by atoms with Crippen LogP contribution in [0.15, 0.2) is 30.3 Å². The Balaban J connectivity index is 0.000000273. The molecule has 27 heavy (non-hydrogen) atoms. The molecule has 0 spiro atoms. The average molecular weight is 424 g/mol. The Morgan fingerprint density at radius 3 is 2.41 bits per heavy atom. The van der Waals surface area contributed by atoms with Crippen LogP contribution >= 0.6 is 22.9 Å². The number of alkyl halides is 4. The van der Waals surface area contributed by atoms with E-state index in [4.69, 9.17) is 21.4 Å². The second-order valence-corrected chi connectivity index (χ2v) is 7.42. The summed E-state index contributed by atoms with van der Waals surface area (Å²) in [6.45, 7) is 0.558. The Labute approximate surface area is 162 Å². The molecule has 11 heteroatoms. The Morgan fingerprint density at radius 1 is 1.33 bits per heavy atom.